The van der Waals surface area contributed by atoms with Gasteiger partial charge in [-0.25, -0.2) is 0 Å². The van der Waals surface area contributed by atoms with Crippen LogP contribution in [0.3, 0.4) is 0 Å². The second-order valence-electron chi connectivity index (χ2n) is 8.70. The molecule has 1 fully saturated rings. The Hall–Kier alpha value is -2.77. The number of phenolic OH excluding ortho intramolecular Hbond substituents is 1. The van der Waals surface area contributed by atoms with Crippen LogP contribution in [-0.2, 0) is 11.2 Å². The number of fused-ring (bicyclic) bond motifs is 1. The number of rotatable bonds is 6. The van der Waals surface area contributed by atoms with Crippen molar-refractivity contribution in [3.05, 3.63) is 47.5 Å². The molecule has 0 unspecified atom stereocenters. The molecular formula is C24H30N2O5. The standard InChI is InChI=1S/C24H30N2O5/c1-16-3-6-22-18(11-16)13-24(31-22)7-9-26(10-8-24)14-20(29)15-30-23-12-19(28)4-5-21(23)25-17(2)27/h3-6,11-12,20,28-29H,7-10,13-15H2,1-2H3,(H,25,27)/t20-/m0/s1. The van der Waals surface area contributed by atoms with E-state index in [0.29, 0.717) is 18.0 Å². The number of hydrogen-bond acceptors (Lipinski definition) is 6. The summed E-state index contributed by atoms with van der Waals surface area (Å²) >= 11 is 0. The van der Waals surface area contributed by atoms with Crippen molar-refractivity contribution in [3.8, 4) is 17.2 Å². The molecule has 1 saturated heterocycles. The minimum absolute atomic E-state index is 0.0349. The Labute approximate surface area is 182 Å². The Kier molecular flexibility index (Phi) is 6.07. The van der Waals surface area contributed by atoms with Crippen molar-refractivity contribution in [2.45, 2.75) is 44.8 Å². The fraction of sp³-hybridized carbons (Fsp3) is 0.458. The molecule has 2 heterocycles. The maximum Gasteiger partial charge on any atom is 0.221 e. The summed E-state index contributed by atoms with van der Waals surface area (Å²) in [4.78, 5) is 13.6. The molecule has 2 aliphatic heterocycles. The van der Waals surface area contributed by atoms with E-state index in [1.54, 1.807) is 6.07 Å². The number of amides is 1. The van der Waals surface area contributed by atoms with Crippen molar-refractivity contribution in [2.24, 2.45) is 0 Å². The molecule has 4 rings (SSSR count). The molecule has 2 aliphatic rings. The fourth-order valence-corrected chi connectivity index (χ4v) is 4.44. The summed E-state index contributed by atoms with van der Waals surface area (Å²) in [6, 6.07) is 10.9. The van der Waals surface area contributed by atoms with E-state index in [9.17, 15) is 15.0 Å². The van der Waals surface area contributed by atoms with Crippen LogP contribution >= 0.6 is 0 Å². The first-order chi connectivity index (χ1) is 14.8. The van der Waals surface area contributed by atoms with E-state index < -0.39 is 6.10 Å². The monoisotopic (exact) mass is 426 g/mol. The normalized spacial score (nSPS) is 18.3. The maximum atomic E-state index is 11.4. The number of ether oxygens (including phenoxy) is 2. The lowest BCUT2D eigenvalue weighted by Gasteiger charge is -2.39. The van der Waals surface area contributed by atoms with Gasteiger partial charge < -0.3 is 29.9 Å². The smallest absolute Gasteiger partial charge is 0.221 e. The third kappa shape index (κ3) is 5.11. The van der Waals surface area contributed by atoms with E-state index in [0.717, 1.165) is 38.1 Å². The van der Waals surface area contributed by atoms with Crippen molar-refractivity contribution in [1.29, 1.82) is 0 Å². The van der Waals surface area contributed by atoms with Gasteiger partial charge in [-0.1, -0.05) is 17.7 Å². The summed E-state index contributed by atoms with van der Waals surface area (Å²) in [5.74, 6) is 1.14. The van der Waals surface area contributed by atoms with E-state index in [4.69, 9.17) is 9.47 Å². The Bertz CT molecular complexity index is 953. The predicted octanol–water partition coefficient (Wildman–Crippen LogP) is 2.87. The van der Waals surface area contributed by atoms with Gasteiger partial charge in [-0.05, 0) is 30.7 Å². The highest BCUT2D eigenvalue weighted by atomic mass is 16.5. The number of anilines is 1. The van der Waals surface area contributed by atoms with Crippen LogP contribution in [0.4, 0.5) is 5.69 Å². The third-order valence-electron chi connectivity index (χ3n) is 6.00. The van der Waals surface area contributed by atoms with Crippen molar-refractivity contribution >= 4 is 11.6 Å². The first-order valence-electron chi connectivity index (χ1n) is 10.7. The highest BCUT2D eigenvalue weighted by Crippen LogP contribution is 2.41. The summed E-state index contributed by atoms with van der Waals surface area (Å²) in [6.07, 6.45) is 2.11. The number of likely N-dealkylation sites (tertiary alicyclic amines) is 1. The average Bonchev–Trinajstić information content (AvgIpc) is 3.06. The van der Waals surface area contributed by atoms with Crippen LogP contribution in [0.25, 0.3) is 0 Å². The predicted molar refractivity (Wildman–Crippen MR) is 118 cm³/mol. The maximum absolute atomic E-state index is 11.4. The molecule has 0 aliphatic carbocycles. The summed E-state index contributed by atoms with van der Waals surface area (Å²) in [5, 5.41) is 22.9. The molecule has 1 spiro atoms. The molecular weight excluding hydrogens is 396 g/mol. The first kappa shape index (κ1) is 21.5. The number of aryl methyl sites for hydroxylation is 1. The Balaban J connectivity index is 1.27. The summed E-state index contributed by atoms with van der Waals surface area (Å²) in [7, 11) is 0. The van der Waals surface area contributed by atoms with Gasteiger partial charge in [0.25, 0.3) is 0 Å². The fourth-order valence-electron chi connectivity index (χ4n) is 4.44. The molecule has 2 aromatic rings. The van der Waals surface area contributed by atoms with Gasteiger partial charge in [0.15, 0.2) is 0 Å². The lowest BCUT2D eigenvalue weighted by atomic mass is 9.87. The summed E-state index contributed by atoms with van der Waals surface area (Å²) < 4.78 is 12.0. The van der Waals surface area contributed by atoms with Crippen molar-refractivity contribution in [1.82, 2.24) is 4.90 Å². The number of phenols is 1. The third-order valence-corrected chi connectivity index (χ3v) is 6.00. The zero-order chi connectivity index (χ0) is 22.0. The number of benzene rings is 2. The highest BCUT2D eigenvalue weighted by molar-refractivity contribution is 5.90. The first-order valence-corrected chi connectivity index (χ1v) is 10.7. The van der Waals surface area contributed by atoms with Gasteiger partial charge in [0, 0.05) is 51.9 Å². The second-order valence-corrected chi connectivity index (χ2v) is 8.70. The van der Waals surface area contributed by atoms with E-state index in [-0.39, 0.29) is 23.9 Å². The number of nitrogens with zero attached hydrogens (tertiary/aromatic N) is 1. The SMILES string of the molecule is CC(=O)Nc1ccc(O)cc1OC[C@@H](O)CN1CCC2(CC1)Cc1cc(C)ccc1O2. The van der Waals surface area contributed by atoms with Gasteiger partial charge in [-0.2, -0.15) is 0 Å². The zero-order valence-electron chi connectivity index (χ0n) is 18.1. The van der Waals surface area contributed by atoms with Gasteiger partial charge >= 0.3 is 0 Å². The molecule has 7 heteroatoms. The molecule has 0 aromatic heterocycles. The van der Waals surface area contributed by atoms with Crippen LogP contribution in [-0.4, -0.2) is 59.0 Å². The van der Waals surface area contributed by atoms with Crippen LogP contribution in [0, 0.1) is 6.92 Å². The lowest BCUT2D eigenvalue weighted by Crippen LogP contribution is -2.49. The molecule has 7 nitrogen and oxygen atoms in total. The summed E-state index contributed by atoms with van der Waals surface area (Å²) in [6.45, 7) is 5.78. The lowest BCUT2D eigenvalue weighted by molar-refractivity contribution is -0.114. The van der Waals surface area contributed by atoms with E-state index >= 15 is 0 Å². The van der Waals surface area contributed by atoms with Crippen molar-refractivity contribution in [3.63, 3.8) is 0 Å². The van der Waals surface area contributed by atoms with Crippen molar-refractivity contribution in [2.75, 3.05) is 31.6 Å². The summed E-state index contributed by atoms with van der Waals surface area (Å²) in [5.41, 5.74) is 2.89. The number of carbonyl (C=O) groups is 1. The van der Waals surface area contributed by atoms with Gasteiger partial charge in [0.05, 0.1) is 5.69 Å². The van der Waals surface area contributed by atoms with Gasteiger partial charge in [-0.15, -0.1) is 0 Å². The number of aliphatic hydroxyl groups is 1. The number of aromatic hydroxyl groups is 1. The van der Waals surface area contributed by atoms with Crippen LogP contribution in [0.15, 0.2) is 36.4 Å². The Morgan fingerprint density at radius 1 is 1.26 bits per heavy atom. The number of nitrogens with one attached hydrogen (secondary N) is 1. The average molecular weight is 427 g/mol. The molecule has 0 bridgehead atoms. The number of β-amino-alcohol motifs (C(OH)–C–C–N with tert-alkyl or cyclic N) is 1. The van der Waals surface area contributed by atoms with E-state index in [1.165, 1.54) is 30.2 Å². The van der Waals surface area contributed by atoms with Gasteiger partial charge in [0.1, 0.15) is 35.6 Å². The number of aliphatic hydroxyl groups excluding tert-OH is 1. The largest absolute Gasteiger partial charge is 0.508 e. The number of carbonyl (C=O) groups excluding carboxylic acids is 1. The van der Waals surface area contributed by atoms with Crippen LogP contribution in [0.1, 0.15) is 30.9 Å². The highest BCUT2D eigenvalue weighted by Gasteiger charge is 2.42. The number of hydrogen-bond donors (Lipinski definition) is 3. The zero-order valence-corrected chi connectivity index (χ0v) is 18.1. The molecule has 0 radical (unpaired) electrons. The molecule has 31 heavy (non-hydrogen) atoms. The van der Waals surface area contributed by atoms with Crippen LogP contribution in [0.5, 0.6) is 17.2 Å². The second kappa shape index (κ2) is 8.77. The topological polar surface area (TPSA) is 91.3 Å². The van der Waals surface area contributed by atoms with Crippen LogP contribution < -0.4 is 14.8 Å². The number of piperidine rings is 1. The molecule has 3 N–H and O–H groups in total. The molecule has 1 amide bonds. The molecule has 1 atom stereocenters. The van der Waals surface area contributed by atoms with E-state index in [1.807, 2.05) is 0 Å². The Morgan fingerprint density at radius 2 is 2.03 bits per heavy atom. The molecule has 0 saturated carbocycles. The minimum atomic E-state index is -0.689. The van der Waals surface area contributed by atoms with Gasteiger partial charge in [0.2, 0.25) is 5.91 Å². The van der Waals surface area contributed by atoms with Crippen LogP contribution in [0.2, 0.25) is 0 Å². The quantitative estimate of drug-likeness (QED) is 0.616. The molecule has 2 aromatic carbocycles. The minimum Gasteiger partial charge on any atom is -0.508 e. The van der Waals surface area contributed by atoms with Gasteiger partial charge in [-0.3, -0.25) is 4.79 Å². The van der Waals surface area contributed by atoms with Crippen molar-refractivity contribution < 1.29 is 24.5 Å². The van der Waals surface area contributed by atoms with E-state index in [2.05, 4.69) is 35.3 Å². The Morgan fingerprint density at radius 3 is 2.77 bits per heavy atom. The molecule has 166 valence electrons.